The van der Waals surface area contributed by atoms with Crippen LogP contribution < -0.4 is 20.2 Å². The van der Waals surface area contributed by atoms with Crippen LogP contribution in [-0.2, 0) is 9.59 Å². The number of carbonyl (C=O) groups excluding carboxylic acids is 2. The minimum Gasteiger partial charge on any atom is -0.506 e. The minimum absolute atomic E-state index is 0.0410. The molecule has 0 fully saturated rings. The van der Waals surface area contributed by atoms with Crippen LogP contribution in [0.15, 0.2) is 47.6 Å². The molecule has 0 unspecified atom stereocenters. The summed E-state index contributed by atoms with van der Waals surface area (Å²) < 4.78 is 11.0. The number of hydrogen-bond acceptors (Lipinski definition) is 6. The number of phenols is 1. The van der Waals surface area contributed by atoms with E-state index in [2.05, 4.69) is 15.8 Å². The molecule has 3 N–H and O–H groups in total. The van der Waals surface area contributed by atoms with Crippen LogP contribution in [-0.4, -0.2) is 36.3 Å². The number of amides is 2. The normalized spacial score (nSPS) is 12.5. The minimum atomic E-state index is -0.178. The standard InChI is InChI=1S/C22H25N3O5/c26-18-7-5-4-6-17(18)24-21(27)8-2-1-3-9-22(28)25-23-15-16-10-11-19-20(14-16)30-13-12-29-19/h4-7,10-11,14-15,26H,1-3,8-9,12-13H2,(H,24,27)(H,25,28)/b23-15+. The Morgan fingerprint density at radius 3 is 2.50 bits per heavy atom. The molecule has 2 aromatic carbocycles. The smallest absolute Gasteiger partial charge is 0.240 e. The molecule has 0 saturated heterocycles. The van der Waals surface area contributed by atoms with Crippen molar-refractivity contribution in [3.05, 3.63) is 48.0 Å². The van der Waals surface area contributed by atoms with Gasteiger partial charge in [0, 0.05) is 12.8 Å². The second-order valence-corrected chi connectivity index (χ2v) is 6.82. The third-order valence-electron chi connectivity index (χ3n) is 4.45. The number of ether oxygens (including phenoxy) is 2. The molecule has 8 nitrogen and oxygen atoms in total. The second-order valence-electron chi connectivity index (χ2n) is 6.82. The van der Waals surface area contributed by atoms with E-state index in [1.54, 1.807) is 24.4 Å². The first kappa shape index (κ1) is 21.2. The Bertz CT molecular complexity index is 913. The largest absolute Gasteiger partial charge is 0.506 e. The first-order valence-electron chi connectivity index (χ1n) is 9.91. The number of nitrogens with one attached hydrogen (secondary N) is 2. The number of hydrogen-bond donors (Lipinski definition) is 3. The SMILES string of the molecule is O=C(CCCCCC(=O)Nc1ccccc1O)N/N=C/c1ccc2c(c1)OCCO2. The van der Waals surface area contributed by atoms with Gasteiger partial charge in [-0.05, 0) is 48.7 Å². The van der Waals surface area contributed by atoms with E-state index in [1.807, 2.05) is 18.2 Å². The maximum Gasteiger partial charge on any atom is 0.240 e. The van der Waals surface area contributed by atoms with Crippen molar-refractivity contribution < 1.29 is 24.2 Å². The van der Waals surface area contributed by atoms with E-state index in [4.69, 9.17) is 9.47 Å². The van der Waals surface area contributed by atoms with Gasteiger partial charge in [-0.3, -0.25) is 9.59 Å². The molecule has 0 radical (unpaired) electrons. The fraction of sp³-hybridized carbons (Fsp3) is 0.318. The first-order chi connectivity index (χ1) is 14.6. The van der Waals surface area contributed by atoms with Crippen LogP contribution in [0, 0.1) is 0 Å². The van der Waals surface area contributed by atoms with Crippen LogP contribution in [0.3, 0.4) is 0 Å². The molecule has 0 aliphatic carbocycles. The van der Waals surface area contributed by atoms with Crippen molar-refractivity contribution in [2.45, 2.75) is 32.1 Å². The van der Waals surface area contributed by atoms with Gasteiger partial charge in [0.15, 0.2) is 11.5 Å². The zero-order valence-electron chi connectivity index (χ0n) is 16.6. The van der Waals surface area contributed by atoms with E-state index in [0.717, 1.165) is 12.0 Å². The molecule has 1 heterocycles. The fourth-order valence-electron chi connectivity index (χ4n) is 2.91. The van der Waals surface area contributed by atoms with E-state index < -0.39 is 0 Å². The number of aromatic hydroxyl groups is 1. The van der Waals surface area contributed by atoms with E-state index >= 15 is 0 Å². The third-order valence-corrected chi connectivity index (χ3v) is 4.45. The predicted molar refractivity (Wildman–Crippen MR) is 113 cm³/mol. The Morgan fingerprint density at radius 1 is 0.967 bits per heavy atom. The number of phenolic OH excluding ortho intramolecular Hbond substituents is 1. The van der Waals surface area contributed by atoms with Crippen molar-refractivity contribution in [2.75, 3.05) is 18.5 Å². The number of benzene rings is 2. The van der Waals surface area contributed by atoms with E-state index in [-0.39, 0.29) is 17.6 Å². The maximum absolute atomic E-state index is 11.9. The van der Waals surface area contributed by atoms with Gasteiger partial charge in [-0.15, -0.1) is 0 Å². The lowest BCUT2D eigenvalue weighted by molar-refractivity contribution is -0.121. The van der Waals surface area contributed by atoms with Crippen molar-refractivity contribution in [1.82, 2.24) is 5.43 Å². The quantitative estimate of drug-likeness (QED) is 0.254. The highest BCUT2D eigenvalue weighted by molar-refractivity contribution is 5.92. The molecule has 1 aliphatic rings. The number of anilines is 1. The fourth-order valence-corrected chi connectivity index (χ4v) is 2.91. The molecule has 158 valence electrons. The molecular weight excluding hydrogens is 386 g/mol. The molecule has 0 aromatic heterocycles. The van der Waals surface area contributed by atoms with Gasteiger partial charge in [0.1, 0.15) is 19.0 Å². The molecule has 2 aromatic rings. The highest BCUT2D eigenvalue weighted by Gasteiger charge is 2.11. The van der Waals surface area contributed by atoms with Gasteiger partial charge < -0.3 is 19.9 Å². The molecule has 0 bridgehead atoms. The van der Waals surface area contributed by atoms with Crippen LogP contribution in [0.4, 0.5) is 5.69 Å². The first-order valence-corrected chi connectivity index (χ1v) is 9.91. The summed E-state index contributed by atoms with van der Waals surface area (Å²) >= 11 is 0. The van der Waals surface area contributed by atoms with Crippen molar-refractivity contribution in [1.29, 1.82) is 0 Å². The lowest BCUT2D eigenvalue weighted by Crippen LogP contribution is -2.17. The summed E-state index contributed by atoms with van der Waals surface area (Å²) in [6, 6.07) is 12.1. The highest BCUT2D eigenvalue weighted by atomic mass is 16.6. The lowest BCUT2D eigenvalue weighted by Gasteiger charge is -2.18. The number of para-hydroxylation sites is 2. The number of fused-ring (bicyclic) bond motifs is 1. The molecule has 1 aliphatic heterocycles. The van der Waals surface area contributed by atoms with Crippen LogP contribution in [0.2, 0.25) is 0 Å². The maximum atomic E-state index is 11.9. The average Bonchev–Trinajstić information content (AvgIpc) is 2.75. The van der Waals surface area contributed by atoms with E-state index in [9.17, 15) is 14.7 Å². The zero-order valence-corrected chi connectivity index (χ0v) is 16.6. The summed E-state index contributed by atoms with van der Waals surface area (Å²) in [4.78, 5) is 23.8. The number of hydrazone groups is 1. The van der Waals surface area contributed by atoms with E-state index in [0.29, 0.717) is 56.1 Å². The molecule has 30 heavy (non-hydrogen) atoms. The summed E-state index contributed by atoms with van der Waals surface area (Å²) in [6.45, 7) is 1.05. The zero-order chi connectivity index (χ0) is 21.2. The van der Waals surface area contributed by atoms with E-state index in [1.165, 1.54) is 6.07 Å². The van der Waals surface area contributed by atoms with Crippen LogP contribution in [0.5, 0.6) is 17.2 Å². The number of unbranched alkanes of at least 4 members (excludes halogenated alkanes) is 2. The Hall–Kier alpha value is -3.55. The Labute approximate surface area is 174 Å². The van der Waals surface area contributed by atoms with Gasteiger partial charge in [-0.2, -0.15) is 5.10 Å². The van der Waals surface area contributed by atoms with Crippen molar-refractivity contribution >= 4 is 23.7 Å². The molecule has 0 saturated carbocycles. The number of rotatable bonds is 9. The molecule has 0 spiro atoms. The molecule has 8 heteroatoms. The average molecular weight is 411 g/mol. The van der Waals surface area contributed by atoms with Gasteiger partial charge in [0.25, 0.3) is 0 Å². The van der Waals surface area contributed by atoms with Crippen LogP contribution >= 0.6 is 0 Å². The van der Waals surface area contributed by atoms with Gasteiger partial charge in [0.2, 0.25) is 11.8 Å². The van der Waals surface area contributed by atoms with Gasteiger partial charge in [-0.25, -0.2) is 5.43 Å². The van der Waals surface area contributed by atoms with Crippen molar-refractivity contribution in [2.24, 2.45) is 5.10 Å². The summed E-state index contributed by atoms with van der Waals surface area (Å²) in [7, 11) is 0. The second kappa shape index (κ2) is 10.8. The topological polar surface area (TPSA) is 109 Å². The van der Waals surface area contributed by atoms with Gasteiger partial charge in [0.05, 0.1) is 11.9 Å². The molecule has 0 atom stereocenters. The Kier molecular flexibility index (Phi) is 7.65. The summed E-state index contributed by atoms with van der Waals surface area (Å²) in [5.41, 5.74) is 3.70. The number of carbonyl (C=O) groups is 2. The highest BCUT2D eigenvalue weighted by Crippen LogP contribution is 2.30. The van der Waals surface area contributed by atoms with Crippen LogP contribution in [0.1, 0.15) is 37.7 Å². The third kappa shape index (κ3) is 6.51. The van der Waals surface area contributed by atoms with Crippen LogP contribution in [0.25, 0.3) is 0 Å². The predicted octanol–water partition coefficient (Wildman–Crippen LogP) is 3.20. The Morgan fingerprint density at radius 2 is 1.70 bits per heavy atom. The molecular formula is C22H25N3O5. The van der Waals surface area contributed by atoms with Gasteiger partial charge in [-0.1, -0.05) is 18.6 Å². The van der Waals surface area contributed by atoms with Crippen molar-refractivity contribution in [3.8, 4) is 17.2 Å². The Balaban J connectivity index is 1.29. The summed E-state index contributed by atoms with van der Waals surface area (Å²) in [5.74, 6) is 1.08. The number of nitrogens with zero attached hydrogens (tertiary/aromatic N) is 1. The van der Waals surface area contributed by atoms with Gasteiger partial charge >= 0.3 is 0 Å². The lowest BCUT2D eigenvalue weighted by atomic mass is 10.1. The van der Waals surface area contributed by atoms with Crippen molar-refractivity contribution in [3.63, 3.8) is 0 Å². The molecule has 2 amide bonds. The monoisotopic (exact) mass is 411 g/mol. The molecule has 3 rings (SSSR count). The summed E-state index contributed by atoms with van der Waals surface area (Å²) in [6.07, 6.45) is 4.28. The summed E-state index contributed by atoms with van der Waals surface area (Å²) in [5, 5.41) is 16.3.